The lowest BCUT2D eigenvalue weighted by atomic mass is 10.0. The summed E-state index contributed by atoms with van der Waals surface area (Å²) in [5.74, 6) is -2.51. The van der Waals surface area contributed by atoms with Gasteiger partial charge >= 0.3 is 18.2 Å². The van der Waals surface area contributed by atoms with Crippen LogP contribution in [0.15, 0.2) is 54.6 Å². The van der Waals surface area contributed by atoms with Gasteiger partial charge in [-0.3, -0.25) is 14.5 Å². The number of halogens is 4. The first-order valence-electron chi connectivity index (χ1n) is 17.0. The van der Waals surface area contributed by atoms with Gasteiger partial charge in [0, 0.05) is 30.1 Å². The normalized spacial score (nSPS) is 27.5. The minimum atomic E-state index is -4.59. The molecule has 0 aromatic heterocycles. The molecule has 3 heterocycles. The Morgan fingerprint density at radius 3 is 2.64 bits per heavy atom. The van der Waals surface area contributed by atoms with Crippen LogP contribution in [0.4, 0.5) is 28.0 Å². The molecule has 5 atom stereocenters. The van der Waals surface area contributed by atoms with Crippen molar-refractivity contribution in [1.82, 2.24) is 15.1 Å². The van der Waals surface area contributed by atoms with Crippen molar-refractivity contribution >= 4 is 29.6 Å². The lowest BCUT2D eigenvalue weighted by Gasteiger charge is -2.30. The third kappa shape index (κ3) is 7.43. The molecule has 2 aromatic carbocycles. The topological polar surface area (TPSA) is 117 Å². The number of hydrogen-bond donors (Lipinski definition) is 2. The molecule has 50 heavy (non-hydrogen) atoms. The molecule has 268 valence electrons. The Kier molecular flexibility index (Phi) is 10.1. The SMILES string of the molecule is CCOC(=O)[C@@]12C[C@H]1/C=C\CCCCC[C@H](Nc1cccc(C(F)(F)F)c1)C(=O)N1C[C@H](OC(=O)N3Cc4cccc(F)c4C3)C[C@H]1C(=O)N2. The lowest BCUT2D eigenvalue weighted by molar-refractivity contribution is -0.150. The molecule has 2 N–H and O–H groups in total. The fraction of sp³-hybridized carbons (Fsp3) is 0.500. The summed E-state index contributed by atoms with van der Waals surface area (Å²) in [7, 11) is 0. The predicted molar refractivity (Wildman–Crippen MR) is 173 cm³/mol. The number of hydrogen-bond acceptors (Lipinski definition) is 7. The maximum Gasteiger partial charge on any atom is 0.416 e. The maximum atomic E-state index is 14.4. The Balaban J connectivity index is 1.27. The summed E-state index contributed by atoms with van der Waals surface area (Å²) in [5, 5.41) is 5.83. The van der Waals surface area contributed by atoms with Crippen molar-refractivity contribution < 1.29 is 46.2 Å². The molecule has 3 aliphatic heterocycles. The highest BCUT2D eigenvalue weighted by molar-refractivity contribution is 5.96. The number of carbonyl (C=O) groups is 4. The third-order valence-corrected chi connectivity index (χ3v) is 9.86. The van der Waals surface area contributed by atoms with Crippen LogP contribution in [0.3, 0.4) is 0 Å². The number of benzene rings is 2. The van der Waals surface area contributed by atoms with Crippen LogP contribution in [0.5, 0.6) is 0 Å². The number of alkyl halides is 3. The molecule has 2 fully saturated rings. The van der Waals surface area contributed by atoms with Gasteiger partial charge in [0.05, 0.1) is 25.3 Å². The predicted octanol–water partition coefficient (Wildman–Crippen LogP) is 5.71. The number of amides is 3. The quantitative estimate of drug-likeness (QED) is 0.233. The van der Waals surface area contributed by atoms with E-state index in [0.717, 1.165) is 25.0 Å². The van der Waals surface area contributed by atoms with Gasteiger partial charge < -0.3 is 25.0 Å². The van der Waals surface area contributed by atoms with Crippen molar-refractivity contribution in [3.8, 4) is 0 Å². The summed E-state index contributed by atoms with van der Waals surface area (Å²) in [4.78, 5) is 57.4. The van der Waals surface area contributed by atoms with Crippen LogP contribution in [0.25, 0.3) is 0 Å². The fourth-order valence-corrected chi connectivity index (χ4v) is 7.11. The second-order valence-electron chi connectivity index (χ2n) is 13.3. The second-order valence-corrected chi connectivity index (χ2v) is 13.3. The van der Waals surface area contributed by atoms with Gasteiger partial charge in [-0.25, -0.2) is 14.0 Å². The van der Waals surface area contributed by atoms with Crippen molar-refractivity contribution in [3.63, 3.8) is 0 Å². The number of ether oxygens (including phenoxy) is 2. The number of nitrogens with one attached hydrogen (secondary N) is 2. The van der Waals surface area contributed by atoms with Crippen LogP contribution in [-0.4, -0.2) is 70.6 Å². The molecule has 0 bridgehead atoms. The maximum absolute atomic E-state index is 14.4. The summed E-state index contributed by atoms with van der Waals surface area (Å²) in [6.07, 6.45) is 0.869. The van der Waals surface area contributed by atoms with Crippen molar-refractivity contribution in [1.29, 1.82) is 0 Å². The zero-order valence-corrected chi connectivity index (χ0v) is 27.6. The lowest BCUT2D eigenvalue weighted by Crippen LogP contribution is -2.55. The Hall–Kier alpha value is -4.62. The number of nitrogens with zero attached hydrogens (tertiary/aromatic N) is 2. The average molecular weight is 701 g/mol. The zero-order valence-electron chi connectivity index (χ0n) is 27.6. The minimum absolute atomic E-state index is 0.0000689. The van der Waals surface area contributed by atoms with Gasteiger partial charge in [0.15, 0.2) is 0 Å². The number of fused-ring (bicyclic) bond motifs is 3. The van der Waals surface area contributed by atoms with Gasteiger partial charge in [0.1, 0.15) is 29.5 Å². The number of anilines is 1. The van der Waals surface area contributed by atoms with E-state index in [1.807, 2.05) is 12.2 Å². The highest BCUT2D eigenvalue weighted by Crippen LogP contribution is 2.46. The molecular weight excluding hydrogens is 660 g/mol. The molecule has 0 spiro atoms. The Labute approximate surface area is 287 Å². The smallest absolute Gasteiger partial charge is 0.416 e. The highest BCUT2D eigenvalue weighted by Gasteiger charge is 2.62. The van der Waals surface area contributed by atoms with Crippen molar-refractivity contribution in [3.05, 3.63) is 77.1 Å². The Morgan fingerprint density at radius 2 is 1.88 bits per heavy atom. The number of esters is 1. The first kappa shape index (κ1) is 35.2. The first-order valence-corrected chi connectivity index (χ1v) is 17.0. The molecule has 3 amide bonds. The summed E-state index contributed by atoms with van der Waals surface area (Å²) in [5.41, 5.74) is -1.06. The summed E-state index contributed by atoms with van der Waals surface area (Å²) in [6.45, 7) is 1.73. The van der Waals surface area contributed by atoms with E-state index >= 15 is 0 Å². The van der Waals surface area contributed by atoms with Crippen LogP contribution in [-0.2, 0) is 43.1 Å². The molecule has 0 radical (unpaired) electrons. The van der Waals surface area contributed by atoms with Gasteiger partial charge in [-0.1, -0.05) is 43.2 Å². The average Bonchev–Trinajstić information content (AvgIpc) is 3.38. The molecule has 14 heteroatoms. The number of rotatable bonds is 5. The molecule has 1 saturated carbocycles. The Bertz CT molecular complexity index is 1670. The van der Waals surface area contributed by atoms with Gasteiger partial charge in [0.2, 0.25) is 11.8 Å². The van der Waals surface area contributed by atoms with E-state index in [1.165, 1.54) is 28.0 Å². The van der Waals surface area contributed by atoms with Gasteiger partial charge in [-0.05, 0) is 62.4 Å². The van der Waals surface area contributed by atoms with E-state index in [1.54, 1.807) is 19.1 Å². The fourth-order valence-electron chi connectivity index (χ4n) is 7.11. The van der Waals surface area contributed by atoms with Gasteiger partial charge in [0.25, 0.3) is 0 Å². The minimum Gasteiger partial charge on any atom is -0.464 e. The van der Waals surface area contributed by atoms with E-state index in [4.69, 9.17) is 9.47 Å². The van der Waals surface area contributed by atoms with E-state index in [-0.39, 0.29) is 50.7 Å². The van der Waals surface area contributed by atoms with Gasteiger partial charge in [-0.2, -0.15) is 13.2 Å². The number of allylic oxidation sites excluding steroid dienone is 1. The summed E-state index contributed by atoms with van der Waals surface area (Å²) < 4.78 is 66.1. The van der Waals surface area contributed by atoms with Crippen LogP contribution >= 0.6 is 0 Å². The van der Waals surface area contributed by atoms with E-state index in [0.29, 0.717) is 30.4 Å². The van der Waals surface area contributed by atoms with Crippen molar-refractivity contribution in [2.45, 2.75) is 94.9 Å². The van der Waals surface area contributed by atoms with Crippen LogP contribution < -0.4 is 10.6 Å². The van der Waals surface area contributed by atoms with Crippen molar-refractivity contribution in [2.75, 3.05) is 18.5 Å². The molecule has 10 nitrogen and oxygen atoms in total. The highest BCUT2D eigenvalue weighted by atomic mass is 19.4. The van der Waals surface area contributed by atoms with E-state index in [2.05, 4.69) is 10.6 Å². The van der Waals surface area contributed by atoms with Gasteiger partial charge in [-0.15, -0.1) is 0 Å². The molecule has 6 rings (SSSR count). The van der Waals surface area contributed by atoms with Crippen LogP contribution in [0, 0.1) is 11.7 Å². The zero-order chi connectivity index (χ0) is 35.6. The van der Waals surface area contributed by atoms with E-state index < -0.39 is 65.2 Å². The van der Waals surface area contributed by atoms with Crippen LogP contribution in [0.1, 0.15) is 68.6 Å². The standard InChI is InChI=1S/C36H40F4N4O6/c1-2-49-33(47)35-18-24(35)11-6-4-3-5-7-15-29(41-25-13-9-12-23(16-25)36(38,39)40)32(46)44-20-26(17-30(44)31(45)42-35)50-34(48)43-19-22-10-8-14-28(37)27(22)21-43/h6,8-14,16,24,26,29-30,41H,2-5,7,15,17-21H2,1H3,(H,42,45)/b11-6-/t24-,26-,29+,30+,35-/m1/s1. The van der Waals surface area contributed by atoms with E-state index in [9.17, 15) is 36.7 Å². The van der Waals surface area contributed by atoms with Crippen LogP contribution in [0.2, 0.25) is 0 Å². The molecule has 4 aliphatic rings. The molecule has 1 saturated heterocycles. The van der Waals surface area contributed by atoms with Crippen molar-refractivity contribution in [2.24, 2.45) is 5.92 Å². The molecule has 1 aliphatic carbocycles. The molecule has 2 aromatic rings. The molecule has 0 unspecified atom stereocenters. The summed E-state index contributed by atoms with van der Waals surface area (Å²) in [6, 6.07) is 6.98. The first-order chi connectivity index (χ1) is 23.9. The monoisotopic (exact) mass is 700 g/mol. The summed E-state index contributed by atoms with van der Waals surface area (Å²) >= 11 is 0. The third-order valence-electron chi connectivity index (χ3n) is 9.86. The number of carbonyl (C=O) groups excluding carboxylic acids is 4. The molecular formula is C36H40F4N4O6. The largest absolute Gasteiger partial charge is 0.464 e. The Morgan fingerprint density at radius 1 is 1.08 bits per heavy atom. The second kappa shape index (κ2) is 14.3.